The normalized spacial score (nSPS) is 20.9. The first-order valence-electron chi connectivity index (χ1n) is 12.9. The molecule has 3 aliphatic rings. The van der Waals surface area contributed by atoms with E-state index in [-0.39, 0.29) is 24.0 Å². The molecule has 5 nitrogen and oxygen atoms in total. The molecule has 2 heterocycles. The number of aliphatic carboxylic acids is 1. The summed E-state index contributed by atoms with van der Waals surface area (Å²) >= 11 is 6.04. The van der Waals surface area contributed by atoms with E-state index < -0.39 is 35.6 Å². The van der Waals surface area contributed by atoms with Crippen LogP contribution in [-0.4, -0.2) is 41.0 Å². The van der Waals surface area contributed by atoms with E-state index in [0.717, 1.165) is 18.4 Å². The molecule has 0 unspecified atom stereocenters. The molecule has 2 aliphatic heterocycles. The van der Waals surface area contributed by atoms with E-state index in [1.54, 1.807) is 13.0 Å². The van der Waals surface area contributed by atoms with Gasteiger partial charge in [-0.05, 0) is 73.8 Å². The second-order valence-corrected chi connectivity index (χ2v) is 11.2. The van der Waals surface area contributed by atoms with Crippen LogP contribution in [0.3, 0.4) is 0 Å². The maximum Gasteiger partial charge on any atom is 0.573 e. The lowest BCUT2D eigenvalue weighted by Crippen LogP contribution is -2.49. The summed E-state index contributed by atoms with van der Waals surface area (Å²) in [7, 11) is 0. The lowest BCUT2D eigenvalue weighted by atomic mass is 9.80. The molecule has 10 heteroatoms. The molecule has 5 rings (SSSR count). The van der Waals surface area contributed by atoms with Gasteiger partial charge in [0.25, 0.3) is 0 Å². The van der Waals surface area contributed by atoms with E-state index in [1.807, 2.05) is 11.0 Å². The number of piperidine rings is 1. The van der Waals surface area contributed by atoms with Crippen molar-refractivity contribution < 1.29 is 36.9 Å². The largest absolute Gasteiger partial charge is 0.573 e. The lowest BCUT2D eigenvalue weighted by Gasteiger charge is -2.45. The van der Waals surface area contributed by atoms with Crippen LogP contribution >= 0.6 is 11.6 Å². The number of halogens is 5. The third kappa shape index (κ3) is 5.73. The van der Waals surface area contributed by atoms with Crippen molar-refractivity contribution in [2.75, 3.05) is 13.1 Å². The number of nitrogens with zero attached hydrogens (tertiary/aromatic N) is 1. The number of carbonyl (C=O) groups is 1. The van der Waals surface area contributed by atoms with Gasteiger partial charge in [0, 0.05) is 36.1 Å². The molecule has 38 heavy (non-hydrogen) atoms. The van der Waals surface area contributed by atoms with Crippen LogP contribution in [0.2, 0.25) is 5.02 Å². The van der Waals surface area contributed by atoms with E-state index in [0.29, 0.717) is 54.9 Å². The van der Waals surface area contributed by atoms with Crippen LogP contribution in [0.4, 0.5) is 17.6 Å². The van der Waals surface area contributed by atoms with Crippen molar-refractivity contribution >= 4 is 17.6 Å². The first-order chi connectivity index (χ1) is 17.9. The van der Waals surface area contributed by atoms with Gasteiger partial charge in [-0.25, -0.2) is 4.39 Å². The lowest BCUT2D eigenvalue weighted by molar-refractivity contribution is -0.275. The Labute approximate surface area is 223 Å². The van der Waals surface area contributed by atoms with Gasteiger partial charge in [-0.3, -0.25) is 9.69 Å². The molecule has 1 saturated carbocycles. The number of hydrogen-bond acceptors (Lipinski definition) is 4. The molecule has 2 fully saturated rings. The van der Waals surface area contributed by atoms with Crippen molar-refractivity contribution in [3.05, 3.63) is 57.9 Å². The van der Waals surface area contributed by atoms with Gasteiger partial charge in [-0.15, -0.1) is 13.2 Å². The van der Waals surface area contributed by atoms with E-state index in [2.05, 4.69) is 4.74 Å². The van der Waals surface area contributed by atoms with Crippen molar-refractivity contribution in [2.45, 2.75) is 69.9 Å². The van der Waals surface area contributed by atoms with E-state index in [1.165, 1.54) is 18.2 Å². The van der Waals surface area contributed by atoms with Crippen molar-refractivity contribution in [2.24, 2.45) is 11.8 Å². The van der Waals surface area contributed by atoms with Gasteiger partial charge in [-0.1, -0.05) is 30.7 Å². The summed E-state index contributed by atoms with van der Waals surface area (Å²) in [6, 6.07) is 7.65. The Balaban J connectivity index is 1.30. The Morgan fingerprint density at radius 3 is 2.55 bits per heavy atom. The zero-order valence-corrected chi connectivity index (χ0v) is 21.7. The number of likely N-dealkylation sites (tertiary alicyclic amines) is 1. The first kappa shape index (κ1) is 27.1. The molecular weight excluding hydrogens is 526 g/mol. The summed E-state index contributed by atoms with van der Waals surface area (Å²) in [5.74, 6) is -2.39. The highest BCUT2D eigenvalue weighted by molar-refractivity contribution is 6.30. The van der Waals surface area contributed by atoms with Gasteiger partial charge in [0.05, 0.1) is 5.92 Å². The molecule has 2 aromatic carbocycles. The summed E-state index contributed by atoms with van der Waals surface area (Å²) in [4.78, 5) is 13.7. The average molecular weight is 556 g/mol. The summed E-state index contributed by atoms with van der Waals surface area (Å²) in [5, 5.41) is 9.93. The van der Waals surface area contributed by atoms with E-state index in [4.69, 9.17) is 16.3 Å². The number of aryl methyl sites for hydroxylation is 1. The number of carboxylic acid groups (broad SMARTS) is 1. The van der Waals surface area contributed by atoms with Crippen LogP contribution in [0.1, 0.15) is 61.6 Å². The molecule has 0 amide bonds. The second-order valence-electron chi connectivity index (χ2n) is 10.8. The quantitative estimate of drug-likeness (QED) is 0.375. The Morgan fingerprint density at radius 2 is 1.92 bits per heavy atom. The fraction of sp³-hybridized carbons (Fsp3) is 0.536. The molecule has 1 saturated heterocycles. The standard InChI is InChI=1S/C28H30ClF4NO4/c1-16(26(35)36)23(17-2-3-17)21-6-4-18-8-9-27(38-25(18)24(21)30)10-12-34(13-11-27)15-19-14-20(29)5-7-22(19)37-28(31,32)33/h4-7,14,16-17,23H,2-3,8-13,15H2,1H3,(H,35,36)/t16-,23-/m0/s1. The van der Waals surface area contributed by atoms with Gasteiger partial charge < -0.3 is 14.6 Å². The van der Waals surface area contributed by atoms with Gasteiger partial charge in [0.2, 0.25) is 0 Å². The highest BCUT2D eigenvalue weighted by atomic mass is 35.5. The highest BCUT2D eigenvalue weighted by Crippen LogP contribution is 2.50. The van der Waals surface area contributed by atoms with Crippen LogP contribution < -0.4 is 9.47 Å². The van der Waals surface area contributed by atoms with Gasteiger partial charge in [0.15, 0.2) is 11.6 Å². The maximum absolute atomic E-state index is 15.9. The molecule has 1 spiro atoms. The van der Waals surface area contributed by atoms with Crippen LogP contribution in [0.5, 0.6) is 11.5 Å². The minimum absolute atomic E-state index is 0.159. The minimum atomic E-state index is -4.80. The molecule has 1 N–H and O–H groups in total. The van der Waals surface area contributed by atoms with Crippen LogP contribution in [0.15, 0.2) is 30.3 Å². The number of fused-ring (bicyclic) bond motifs is 1. The SMILES string of the molecule is C[C@H](C(=O)O)[C@H](c1ccc2c(c1F)OC1(CC2)CCN(Cc2cc(Cl)ccc2OC(F)(F)F)CC1)C1CC1. The van der Waals surface area contributed by atoms with Crippen LogP contribution in [0, 0.1) is 17.7 Å². The molecule has 1 aliphatic carbocycles. The van der Waals surface area contributed by atoms with Gasteiger partial charge in [-0.2, -0.15) is 0 Å². The molecule has 0 bridgehead atoms. The number of hydrogen-bond donors (Lipinski definition) is 1. The van der Waals surface area contributed by atoms with Crippen molar-refractivity contribution in [3.63, 3.8) is 0 Å². The maximum atomic E-state index is 15.9. The summed E-state index contributed by atoms with van der Waals surface area (Å²) in [5.41, 5.74) is 0.962. The van der Waals surface area contributed by atoms with Crippen molar-refractivity contribution in [3.8, 4) is 11.5 Å². The predicted octanol–water partition coefficient (Wildman–Crippen LogP) is 6.95. The van der Waals surface area contributed by atoms with E-state index in [9.17, 15) is 23.1 Å². The zero-order valence-electron chi connectivity index (χ0n) is 21.0. The number of benzene rings is 2. The van der Waals surface area contributed by atoms with Gasteiger partial charge in [0.1, 0.15) is 11.4 Å². The Bertz CT molecular complexity index is 1210. The summed E-state index contributed by atoms with van der Waals surface area (Å²) in [6.07, 6.45) is -0.491. The number of ether oxygens (including phenoxy) is 2. The molecular formula is C28H30ClF4NO4. The van der Waals surface area contributed by atoms with Crippen molar-refractivity contribution in [1.29, 1.82) is 0 Å². The highest BCUT2D eigenvalue weighted by Gasteiger charge is 2.44. The number of alkyl halides is 3. The van der Waals surface area contributed by atoms with Gasteiger partial charge >= 0.3 is 12.3 Å². The van der Waals surface area contributed by atoms with Crippen molar-refractivity contribution in [1.82, 2.24) is 4.90 Å². The van der Waals surface area contributed by atoms with E-state index >= 15 is 4.39 Å². The number of carboxylic acids is 1. The molecule has 0 radical (unpaired) electrons. The third-order valence-corrected chi connectivity index (χ3v) is 8.44. The minimum Gasteiger partial charge on any atom is -0.484 e. The number of rotatable bonds is 7. The monoisotopic (exact) mass is 555 g/mol. The molecule has 2 atom stereocenters. The summed E-state index contributed by atoms with van der Waals surface area (Å²) in [6.45, 7) is 2.96. The fourth-order valence-corrected chi connectivity index (χ4v) is 6.15. The molecule has 206 valence electrons. The van der Waals surface area contributed by atoms with Crippen LogP contribution in [0.25, 0.3) is 0 Å². The molecule has 0 aromatic heterocycles. The molecule has 2 aromatic rings. The second kappa shape index (κ2) is 10.2. The average Bonchev–Trinajstić information content (AvgIpc) is 3.69. The van der Waals surface area contributed by atoms with Crippen LogP contribution in [-0.2, 0) is 17.8 Å². The summed E-state index contributed by atoms with van der Waals surface area (Å²) < 4.78 is 65.0. The Hall–Kier alpha value is -2.52. The fourth-order valence-electron chi connectivity index (χ4n) is 5.95. The Kier molecular flexibility index (Phi) is 7.28. The first-order valence-corrected chi connectivity index (χ1v) is 13.3. The third-order valence-electron chi connectivity index (χ3n) is 8.20. The topological polar surface area (TPSA) is 59.0 Å². The predicted molar refractivity (Wildman–Crippen MR) is 133 cm³/mol. The zero-order chi connectivity index (χ0) is 27.2. The smallest absolute Gasteiger partial charge is 0.484 e. The Morgan fingerprint density at radius 1 is 1.21 bits per heavy atom.